The number of ether oxygens (including phenoxy) is 2. The Morgan fingerprint density at radius 3 is 2.34 bits per heavy atom. The van der Waals surface area contributed by atoms with Crippen LogP contribution in [0.4, 0.5) is 4.79 Å². The van der Waals surface area contributed by atoms with Gasteiger partial charge in [-0.25, -0.2) is 9.78 Å². The highest BCUT2D eigenvalue weighted by Gasteiger charge is 2.44. The third-order valence-corrected chi connectivity index (χ3v) is 9.01. The lowest BCUT2D eigenvalue weighted by molar-refractivity contribution is -0.139. The van der Waals surface area contributed by atoms with E-state index in [9.17, 15) is 9.59 Å². The van der Waals surface area contributed by atoms with Crippen LogP contribution in [0.15, 0.2) is 36.4 Å². The van der Waals surface area contributed by atoms with E-state index in [0.717, 1.165) is 56.7 Å². The second kappa shape index (κ2) is 13.2. The lowest BCUT2D eigenvalue weighted by atomic mass is 9.97. The summed E-state index contributed by atoms with van der Waals surface area (Å²) in [6, 6.07) is 12.9. The molecule has 1 aliphatic carbocycles. The van der Waals surface area contributed by atoms with Crippen molar-refractivity contribution in [2.75, 3.05) is 26.7 Å². The Morgan fingerprint density at radius 2 is 1.71 bits per heavy atom. The predicted molar refractivity (Wildman–Crippen MR) is 159 cm³/mol. The molecule has 0 bridgehead atoms. The number of hydrogen-bond donors (Lipinski definition) is 0. The molecule has 2 saturated heterocycles. The fourth-order valence-electron chi connectivity index (χ4n) is 6.83. The quantitative estimate of drug-likeness (QED) is 0.333. The Morgan fingerprint density at radius 1 is 1.00 bits per heavy atom. The molecule has 5 rings (SSSR count). The van der Waals surface area contributed by atoms with Gasteiger partial charge in [0, 0.05) is 50.0 Å². The molecule has 41 heavy (non-hydrogen) atoms. The molecule has 1 atom stereocenters. The number of esters is 1. The van der Waals surface area contributed by atoms with Gasteiger partial charge in [-0.2, -0.15) is 0 Å². The SMILES string of the molecule is COC(=O)Cc1ccc(Oc2ccc(CN3CCC(N4C(=O)N(C5CCCC5)C[C@H]4CC(C)C)CC3)c(C)n2)cc1. The summed E-state index contributed by atoms with van der Waals surface area (Å²) in [6.07, 6.45) is 8.25. The third-order valence-electron chi connectivity index (χ3n) is 9.01. The Kier molecular flexibility index (Phi) is 9.48. The van der Waals surface area contributed by atoms with Gasteiger partial charge in [-0.15, -0.1) is 0 Å². The molecule has 0 radical (unpaired) electrons. The first-order chi connectivity index (χ1) is 19.8. The number of amides is 2. The maximum atomic E-state index is 13.6. The minimum atomic E-state index is -0.262. The molecule has 222 valence electrons. The summed E-state index contributed by atoms with van der Waals surface area (Å²) in [4.78, 5) is 36.8. The Balaban J connectivity index is 1.15. The fraction of sp³-hybridized carbons (Fsp3) is 0.606. The number of rotatable bonds is 10. The lowest BCUT2D eigenvalue weighted by Crippen LogP contribution is -2.49. The van der Waals surface area contributed by atoms with E-state index in [1.807, 2.05) is 37.3 Å². The maximum absolute atomic E-state index is 13.6. The second-order valence-corrected chi connectivity index (χ2v) is 12.5. The average Bonchev–Trinajstić information content (AvgIpc) is 3.59. The van der Waals surface area contributed by atoms with Crippen molar-refractivity contribution in [2.45, 2.75) is 96.8 Å². The van der Waals surface area contributed by atoms with E-state index >= 15 is 0 Å². The molecule has 3 heterocycles. The largest absolute Gasteiger partial charge is 0.469 e. The lowest BCUT2D eigenvalue weighted by Gasteiger charge is -2.39. The normalized spacial score (nSPS) is 20.8. The van der Waals surface area contributed by atoms with Gasteiger partial charge < -0.3 is 19.3 Å². The number of nitrogens with zero attached hydrogens (tertiary/aromatic N) is 4. The van der Waals surface area contributed by atoms with E-state index in [4.69, 9.17) is 14.5 Å². The number of aromatic nitrogens is 1. The molecular weight excluding hydrogens is 516 g/mol. The number of carbonyl (C=O) groups is 2. The van der Waals surface area contributed by atoms with Gasteiger partial charge in [0.1, 0.15) is 5.75 Å². The van der Waals surface area contributed by atoms with Crippen LogP contribution in [0.25, 0.3) is 0 Å². The van der Waals surface area contributed by atoms with Crippen molar-refractivity contribution in [1.82, 2.24) is 19.7 Å². The van der Waals surface area contributed by atoms with Crippen LogP contribution >= 0.6 is 0 Å². The molecule has 3 aliphatic rings. The van der Waals surface area contributed by atoms with Crippen LogP contribution in [-0.2, 0) is 22.5 Å². The van der Waals surface area contributed by atoms with Crippen LogP contribution in [0, 0.1) is 12.8 Å². The van der Waals surface area contributed by atoms with Crippen molar-refractivity contribution < 1.29 is 19.1 Å². The molecule has 2 aliphatic heterocycles. The van der Waals surface area contributed by atoms with Crippen molar-refractivity contribution >= 4 is 12.0 Å². The van der Waals surface area contributed by atoms with Crippen molar-refractivity contribution in [3.05, 3.63) is 53.2 Å². The molecule has 3 fully saturated rings. The van der Waals surface area contributed by atoms with E-state index in [-0.39, 0.29) is 12.4 Å². The summed E-state index contributed by atoms with van der Waals surface area (Å²) in [5.41, 5.74) is 3.04. The topological polar surface area (TPSA) is 75.2 Å². The molecule has 2 aromatic rings. The highest BCUT2D eigenvalue weighted by molar-refractivity contribution is 5.78. The van der Waals surface area contributed by atoms with Crippen molar-refractivity contribution in [1.29, 1.82) is 0 Å². The fourth-order valence-corrected chi connectivity index (χ4v) is 6.83. The molecule has 0 unspecified atom stereocenters. The van der Waals surface area contributed by atoms with Gasteiger partial charge in [0.15, 0.2) is 0 Å². The van der Waals surface area contributed by atoms with E-state index in [0.29, 0.717) is 41.7 Å². The maximum Gasteiger partial charge on any atom is 0.320 e. The Bertz CT molecular complexity index is 1190. The number of methoxy groups -OCH3 is 1. The van der Waals surface area contributed by atoms with Crippen LogP contribution in [-0.4, -0.2) is 76.6 Å². The van der Waals surface area contributed by atoms with Gasteiger partial charge in [0.2, 0.25) is 5.88 Å². The Hall–Kier alpha value is -3.13. The molecule has 1 saturated carbocycles. The smallest absolute Gasteiger partial charge is 0.320 e. The first-order valence-electron chi connectivity index (χ1n) is 15.4. The minimum absolute atomic E-state index is 0.242. The van der Waals surface area contributed by atoms with Crippen molar-refractivity contribution in [3.63, 3.8) is 0 Å². The first-order valence-corrected chi connectivity index (χ1v) is 15.4. The van der Waals surface area contributed by atoms with Crippen LogP contribution in [0.3, 0.4) is 0 Å². The molecular formula is C33H46N4O4. The summed E-state index contributed by atoms with van der Waals surface area (Å²) in [6.45, 7) is 10.3. The van der Waals surface area contributed by atoms with E-state index in [2.05, 4.69) is 34.6 Å². The van der Waals surface area contributed by atoms with Gasteiger partial charge in [0.05, 0.1) is 19.6 Å². The summed E-state index contributed by atoms with van der Waals surface area (Å²) in [5.74, 6) is 1.56. The minimum Gasteiger partial charge on any atom is -0.469 e. The molecule has 1 aromatic carbocycles. The monoisotopic (exact) mass is 562 g/mol. The van der Waals surface area contributed by atoms with Crippen molar-refractivity contribution in [2.24, 2.45) is 5.92 Å². The molecule has 0 spiro atoms. The van der Waals surface area contributed by atoms with Crippen molar-refractivity contribution in [3.8, 4) is 11.6 Å². The van der Waals surface area contributed by atoms with Gasteiger partial charge in [-0.05, 0) is 68.2 Å². The number of benzene rings is 1. The van der Waals surface area contributed by atoms with Crippen LogP contribution in [0.2, 0.25) is 0 Å². The zero-order valence-electron chi connectivity index (χ0n) is 25.2. The number of carbonyl (C=O) groups excluding carboxylic acids is 2. The summed E-state index contributed by atoms with van der Waals surface area (Å²) >= 11 is 0. The van der Waals surface area contributed by atoms with Crippen LogP contribution < -0.4 is 4.74 Å². The summed E-state index contributed by atoms with van der Waals surface area (Å²) in [5, 5.41) is 0. The average molecular weight is 563 g/mol. The van der Waals surface area contributed by atoms with E-state index < -0.39 is 0 Å². The standard InChI is InChI=1S/C33H46N4O4/c1-23(2)19-29-22-36(27-7-5-6-8-27)33(39)37(29)28-15-17-35(18-16-28)21-26-11-14-31(34-24(26)3)41-30-12-9-25(10-13-30)20-32(38)40-4/h9-14,23,27-29H,5-8,15-22H2,1-4H3/t29-/m1/s1. The Labute approximate surface area is 245 Å². The van der Waals surface area contributed by atoms with Gasteiger partial charge in [-0.1, -0.05) is 44.9 Å². The third kappa shape index (κ3) is 7.21. The molecule has 8 heteroatoms. The number of hydrogen-bond acceptors (Lipinski definition) is 6. The summed E-state index contributed by atoms with van der Waals surface area (Å²) < 4.78 is 10.7. The number of aryl methyl sites for hydroxylation is 1. The number of urea groups is 1. The molecule has 8 nitrogen and oxygen atoms in total. The molecule has 2 amide bonds. The van der Waals surface area contributed by atoms with E-state index in [1.54, 1.807) is 0 Å². The zero-order chi connectivity index (χ0) is 28.9. The predicted octanol–water partition coefficient (Wildman–Crippen LogP) is 5.96. The second-order valence-electron chi connectivity index (χ2n) is 12.5. The van der Waals surface area contributed by atoms with Gasteiger partial charge >= 0.3 is 12.0 Å². The first kappa shape index (κ1) is 29.4. The molecule has 0 N–H and O–H groups in total. The van der Waals surface area contributed by atoms with Gasteiger partial charge in [-0.3, -0.25) is 9.69 Å². The van der Waals surface area contributed by atoms with Gasteiger partial charge in [0.25, 0.3) is 0 Å². The number of pyridine rings is 1. The van der Waals surface area contributed by atoms with Crippen LogP contribution in [0.5, 0.6) is 11.6 Å². The highest BCUT2D eigenvalue weighted by Crippen LogP contribution is 2.34. The van der Waals surface area contributed by atoms with Crippen LogP contribution in [0.1, 0.15) is 75.6 Å². The zero-order valence-corrected chi connectivity index (χ0v) is 25.2. The highest BCUT2D eigenvalue weighted by atomic mass is 16.5. The summed E-state index contributed by atoms with van der Waals surface area (Å²) in [7, 11) is 1.39. The van der Waals surface area contributed by atoms with E-state index in [1.165, 1.54) is 38.4 Å². The number of piperidine rings is 1. The molecule has 1 aromatic heterocycles. The number of likely N-dealkylation sites (tertiary alicyclic amines) is 1.